The van der Waals surface area contributed by atoms with Gasteiger partial charge in [-0.2, -0.15) is 0 Å². The Morgan fingerprint density at radius 2 is 0.820 bits per heavy atom. The summed E-state index contributed by atoms with van der Waals surface area (Å²) in [6.07, 6.45) is 0. The Morgan fingerprint density at radius 3 is 1.56 bits per heavy atom. The van der Waals surface area contributed by atoms with E-state index >= 15 is 0 Å². The SMILES string of the molecule is c1cc(-c2c3ccccc3c(-c3ccc4oc5ccccc5c4c3)c3ccccc23)cc(-c2cccc3oc4cc5ccccc5cc4c23)c1. The van der Waals surface area contributed by atoms with Crippen molar-refractivity contribution in [1.82, 2.24) is 0 Å². The van der Waals surface area contributed by atoms with Crippen molar-refractivity contribution in [3.05, 3.63) is 170 Å². The molecular formula is C48H28O2. The third kappa shape index (κ3) is 3.96. The second kappa shape index (κ2) is 10.4. The molecule has 0 aliphatic carbocycles. The Hall–Kier alpha value is -6.64. The molecule has 0 fully saturated rings. The van der Waals surface area contributed by atoms with Gasteiger partial charge in [-0.05, 0) is 108 Å². The van der Waals surface area contributed by atoms with E-state index in [1.165, 1.54) is 65.7 Å². The van der Waals surface area contributed by atoms with E-state index in [4.69, 9.17) is 8.83 Å². The van der Waals surface area contributed by atoms with Crippen LogP contribution in [0, 0.1) is 0 Å². The molecule has 0 unspecified atom stereocenters. The van der Waals surface area contributed by atoms with Crippen LogP contribution in [0.2, 0.25) is 0 Å². The lowest BCUT2D eigenvalue weighted by atomic mass is 9.85. The zero-order chi connectivity index (χ0) is 32.8. The fourth-order valence-electron chi connectivity index (χ4n) is 8.23. The molecule has 2 aromatic heterocycles. The molecule has 0 spiro atoms. The van der Waals surface area contributed by atoms with Crippen molar-refractivity contribution in [2.24, 2.45) is 0 Å². The van der Waals surface area contributed by atoms with Crippen LogP contribution in [0.15, 0.2) is 179 Å². The van der Waals surface area contributed by atoms with Gasteiger partial charge in [0, 0.05) is 21.5 Å². The van der Waals surface area contributed by atoms with Gasteiger partial charge in [0.05, 0.1) is 0 Å². The number of benzene rings is 9. The molecule has 2 heterocycles. The topological polar surface area (TPSA) is 26.3 Å². The van der Waals surface area contributed by atoms with Crippen LogP contribution in [-0.2, 0) is 0 Å². The number of hydrogen-bond acceptors (Lipinski definition) is 2. The third-order valence-electron chi connectivity index (χ3n) is 10.4. The number of fused-ring (bicyclic) bond motifs is 9. The summed E-state index contributed by atoms with van der Waals surface area (Å²) in [5.74, 6) is 0. The molecule has 11 aromatic rings. The van der Waals surface area contributed by atoms with Gasteiger partial charge in [0.2, 0.25) is 0 Å². The van der Waals surface area contributed by atoms with Crippen molar-refractivity contribution in [2.75, 3.05) is 0 Å². The number of furan rings is 2. The van der Waals surface area contributed by atoms with E-state index in [1.54, 1.807) is 0 Å². The fraction of sp³-hybridized carbons (Fsp3) is 0. The predicted molar refractivity (Wildman–Crippen MR) is 210 cm³/mol. The molecule has 0 saturated carbocycles. The summed E-state index contributed by atoms with van der Waals surface area (Å²) < 4.78 is 12.6. The van der Waals surface area contributed by atoms with E-state index in [9.17, 15) is 0 Å². The monoisotopic (exact) mass is 636 g/mol. The summed E-state index contributed by atoms with van der Waals surface area (Å²) in [4.78, 5) is 0. The highest BCUT2D eigenvalue weighted by Gasteiger charge is 2.19. The maximum Gasteiger partial charge on any atom is 0.136 e. The van der Waals surface area contributed by atoms with Crippen molar-refractivity contribution in [3.8, 4) is 33.4 Å². The van der Waals surface area contributed by atoms with Crippen LogP contribution < -0.4 is 0 Å². The largest absolute Gasteiger partial charge is 0.456 e. The van der Waals surface area contributed by atoms with Crippen molar-refractivity contribution in [2.45, 2.75) is 0 Å². The summed E-state index contributed by atoms with van der Waals surface area (Å²) in [7, 11) is 0. The molecule has 0 bridgehead atoms. The molecule has 0 saturated heterocycles. The van der Waals surface area contributed by atoms with E-state index in [-0.39, 0.29) is 0 Å². The standard InChI is InChI=1S/C48H28O2/c1-2-12-30-28-45-41(26-29(30)11-1)48-34(20-10-22-44(48)50-45)31-13-9-14-32(25-31)46-36-16-3-5-18-38(36)47(39-19-6-4-17-37(39)46)33-23-24-43-40(27-33)35-15-7-8-21-42(35)49-43/h1-28H. The van der Waals surface area contributed by atoms with Gasteiger partial charge in [0.25, 0.3) is 0 Å². The Bertz CT molecular complexity index is 3100. The van der Waals surface area contributed by atoms with E-state index in [0.29, 0.717) is 0 Å². The van der Waals surface area contributed by atoms with Crippen molar-refractivity contribution in [1.29, 1.82) is 0 Å². The van der Waals surface area contributed by atoms with Gasteiger partial charge in [-0.25, -0.2) is 0 Å². The van der Waals surface area contributed by atoms with E-state index < -0.39 is 0 Å². The first kappa shape index (κ1) is 27.3. The summed E-state index contributed by atoms with van der Waals surface area (Å²) in [6.45, 7) is 0. The highest BCUT2D eigenvalue weighted by Crippen LogP contribution is 2.46. The zero-order valence-corrected chi connectivity index (χ0v) is 27.0. The molecule has 0 aliphatic rings. The summed E-state index contributed by atoms with van der Waals surface area (Å²) >= 11 is 0. The molecule has 50 heavy (non-hydrogen) atoms. The fourth-order valence-corrected chi connectivity index (χ4v) is 8.23. The maximum atomic E-state index is 6.45. The number of para-hydroxylation sites is 1. The Labute approximate surface area is 287 Å². The van der Waals surface area contributed by atoms with Crippen molar-refractivity contribution >= 4 is 76.2 Å². The van der Waals surface area contributed by atoms with Gasteiger partial charge in [-0.3, -0.25) is 0 Å². The first-order valence-corrected chi connectivity index (χ1v) is 17.1. The normalized spacial score (nSPS) is 12.0. The molecule has 0 amide bonds. The highest BCUT2D eigenvalue weighted by molar-refractivity contribution is 6.22. The highest BCUT2D eigenvalue weighted by atomic mass is 16.3. The number of rotatable bonds is 3. The lowest BCUT2D eigenvalue weighted by molar-refractivity contribution is 0.669. The maximum absolute atomic E-state index is 6.45. The number of hydrogen-bond donors (Lipinski definition) is 0. The third-order valence-corrected chi connectivity index (χ3v) is 10.4. The van der Waals surface area contributed by atoms with Gasteiger partial charge in [0.15, 0.2) is 0 Å². The van der Waals surface area contributed by atoms with Gasteiger partial charge in [-0.1, -0.05) is 127 Å². The van der Waals surface area contributed by atoms with Gasteiger partial charge >= 0.3 is 0 Å². The second-order valence-corrected chi connectivity index (χ2v) is 13.2. The summed E-state index contributed by atoms with van der Waals surface area (Å²) in [5, 5.41) is 11.9. The van der Waals surface area contributed by atoms with Crippen LogP contribution in [0.5, 0.6) is 0 Å². The van der Waals surface area contributed by atoms with Crippen LogP contribution in [-0.4, -0.2) is 0 Å². The molecule has 2 heteroatoms. The average molecular weight is 637 g/mol. The van der Waals surface area contributed by atoms with Crippen LogP contribution in [0.3, 0.4) is 0 Å². The van der Waals surface area contributed by atoms with Crippen LogP contribution in [0.1, 0.15) is 0 Å². The molecule has 11 rings (SSSR count). The van der Waals surface area contributed by atoms with E-state index in [0.717, 1.165) is 43.9 Å². The van der Waals surface area contributed by atoms with Crippen LogP contribution in [0.4, 0.5) is 0 Å². The van der Waals surface area contributed by atoms with E-state index in [2.05, 4.69) is 158 Å². The molecule has 9 aromatic carbocycles. The lowest BCUT2D eigenvalue weighted by Gasteiger charge is -2.18. The smallest absolute Gasteiger partial charge is 0.136 e. The van der Waals surface area contributed by atoms with Gasteiger partial charge in [-0.15, -0.1) is 0 Å². The Morgan fingerprint density at radius 1 is 0.280 bits per heavy atom. The quantitative estimate of drug-likeness (QED) is 0.180. The molecule has 0 N–H and O–H groups in total. The second-order valence-electron chi connectivity index (χ2n) is 13.2. The average Bonchev–Trinajstić information content (AvgIpc) is 3.73. The van der Waals surface area contributed by atoms with Crippen LogP contribution in [0.25, 0.3) is 110 Å². The summed E-state index contributed by atoms with van der Waals surface area (Å²) in [6, 6.07) is 61.0. The van der Waals surface area contributed by atoms with Crippen molar-refractivity contribution < 1.29 is 8.83 Å². The molecule has 0 atom stereocenters. The Kier molecular flexibility index (Phi) is 5.70. The van der Waals surface area contributed by atoms with Crippen molar-refractivity contribution in [3.63, 3.8) is 0 Å². The minimum Gasteiger partial charge on any atom is -0.456 e. The minimum absolute atomic E-state index is 0.904. The zero-order valence-electron chi connectivity index (χ0n) is 27.0. The first-order chi connectivity index (χ1) is 24.8. The minimum atomic E-state index is 0.904. The molecule has 2 nitrogen and oxygen atoms in total. The lowest BCUT2D eigenvalue weighted by Crippen LogP contribution is -1.91. The van der Waals surface area contributed by atoms with Gasteiger partial charge < -0.3 is 8.83 Å². The molecular weight excluding hydrogens is 609 g/mol. The Balaban J connectivity index is 1.15. The predicted octanol–water partition coefficient (Wildman–Crippen LogP) is 13.9. The first-order valence-electron chi connectivity index (χ1n) is 17.1. The summed E-state index contributed by atoms with van der Waals surface area (Å²) in [5.41, 5.74) is 10.8. The molecule has 0 aliphatic heterocycles. The van der Waals surface area contributed by atoms with Crippen LogP contribution >= 0.6 is 0 Å². The molecule has 232 valence electrons. The molecule has 0 radical (unpaired) electrons. The van der Waals surface area contributed by atoms with E-state index in [1.807, 2.05) is 12.1 Å². The van der Waals surface area contributed by atoms with Gasteiger partial charge in [0.1, 0.15) is 22.3 Å².